The Bertz CT molecular complexity index is 411. The Morgan fingerprint density at radius 3 is 2.78 bits per heavy atom. The van der Waals surface area contributed by atoms with Crippen LogP contribution >= 0.6 is 0 Å². The lowest BCUT2D eigenvalue weighted by Crippen LogP contribution is -2.35. The predicted molar refractivity (Wildman–Crippen MR) is 57.4 cm³/mol. The topological polar surface area (TPSA) is 109 Å². The minimum atomic E-state index is -1.39. The molecule has 0 aromatic carbocycles. The van der Waals surface area contributed by atoms with Gasteiger partial charge in [-0.1, -0.05) is 0 Å². The molecular formula is C11H13NO6. The van der Waals surface area contributed by atoms with E-state index in [2.05, 4.69) is 4.98 Å². The SMILES string of the molecule is O=C(OC1O[C@H](CO)[C@@H](O)[C@H]1O)c1cccnc1. The third kappa shape index (κ3) is 2.49. The van der Waals surface area contributed by atoms with Crippen molar-refractivity contribution in [2.24, 2.45) is 0 Å². The maximum Gasteiger partial charge on any atom is 0.342 e. The molecule has 0 bridgehead atoms. The van der Waals surface area contributed by atoms with Gasteiger partial charge in [0.1, 0.15) is 18.3 Å². The van der Waals surface area contributed by atoms with Gasteiger partial charge in [0, 0.05) is 12.4 Å². The second kappa shape index (κ2) is 5.40. The maximum atomic E-state index is 11.7. The fourth-order valence-electron chi connectivity index (χ4n) is 1.62. The fraction of sp³-hybridized carbons (Fsp3) is 0.455. The van der Waals surface area contributed by atoms with Crippen molar-refractivity contribution in [3.63, 3.8) is 0 Å². The molecule has 1 aliphatic heterocycles. The Hall–Kier alpha value is -1.54. The molecule has 98 valence electrons. The minimum absolute atomic E-state index is 0.204. The number of carbonyl (C=O) groups is 1. The van der Waals surface area contributed by atoms with E-state index in [1.165, 1.54) is 18.5 Å². The summed E-state index contributed by atoms with van der Waals surface area (Å²) < 4.78 is 9.90. The highest BCUT2D eigenvalue weighted by Gasteiger charge is 2.44. The third-order valence-corrected chi connectivity index (χ3v) is 2.62. The van der Waals surface area contributed by atoms with Crippen molar-refractivity contribution in [1.29, 1.82) is 0 Å². The Morgan fingerprint density at radius 1 is 1.44 bits per heavy atom. The standard InChI is InChI=1S/C11H13NO6/c13-5-7-8(14)9(15)11(17-7)18-10(16)6-2-1-3-12-4-6/h1-4,7-9,11,13-15H,5H2/t7-,8-,9-,11?/m1/s1. The van der Waals surface area contributed by atoms with Crippen LogP contribution in [-0.2, 0) is 9.47 Å². The molecular weight excluding hydrogens is 242 g/mol. The molecule has 0 spiro atoms. The summed E-state index contributed by atoms with van der Waals surface area (Å²) >= 11 is 0. The molecule has 18 heavy (non-hydrogen) atoms. The van der Waals surface area contributed by atoms with E-state index < -0.39 is 37.2 Å². The summed E-state index contributed by atoms with van der Waals surface area (Å²) in [6, 6.07) is 3.06. The van der Waals surface area contributed by atoms with E-state index in [4.69, 9.17) is 14.6 Å². The second-order valence-electron chi connectivity index (χ2n) is 3.85. The van der Waals surface area contributed by atoms with E-state index in [-0.39, 0.29) is 5.56 Å². The van der Waals surface area contributed by atoms with Crippen molar-refractivity contribution in [3.05, 3.63) is 30.1 Å². The highest BCUT2D eigenvalue weighted by molar-refractivity contribution is 5.89. The van der Waals surface area contributed by atoms with Gasteiger partial charge < -0.3 is 24.8 Å². The molecule has 1 saturated heterocycles. The number of esters is 1. The zero-order valence-corrected chi connectivity index (χ0v) is 9.34. The second-order valence-corrected chi connectivity index (χ2v) is 3.85. The van der Waals surface area contributed by atoms with Crippen LogP contribution in [0, 0.1) is 0 Å². The molecule has 4 atom stereocenters. The lowest BCUT2D eigenvalue weighted by molar-refractivity contribution is -0.139. The molecule has 2 rings (SSSR count). The molecule has 3 N–H and O–H groups in total. The first-order valence-corrected chi connectivity index (χ1v) is 5.37. The van der Waals surface area contributed by atoms with Crippen LogP contribution in [0.15, 0.2) is 24.5 Å². The van der Waals surface area contributed by atoms with Crippen LogP contribution in [0.1, 0.15) is 10.4 Å². The normalized spacial score (nSPS) is 31.3. The molecule has 1 aromatic rings. The number of pyridine rings is 1. The minimum Gasteiger partial charge on any atom is -0.429 e. The van der Waals surface area contributed by atoms with Crippen LogP contribution in [-0.4, -0.2) is 57.5 Å². The van der Waals surface area contributed by atoms with Gasteiger partial charge in [0.05, 0.1) is 12.2 Å². The predicted octanol–water partition coefficient (Wildman–Crippen LogP) is -1.32. The molecule has 7 heteroatoms. The average molecular weight is 255 g/mol. The molecule has 1 aliphatic rings. The van der Waals surface area contributed by atoms with Gasteiger partial charge in [0.2, 0.25) is 6.29 Å². The van der Waals surface area contributed by atoms with Crippen LogP contribution < -0.4 is 0 Å². The van der Waals surface area contributed by atoms with Crippen molar-refractivity contribution in [1.82, 2.24) is 4.98 Å². The number of ether oxygens (including phenoxy) is 2. The smallest absolute Gasteiger partial charge is 0.342 e. The fourth-order valence-corrected chi connectivity index (χ4v) is 1.62. The number of aliphatic hydroxyl groups is 3. The average Bonchev–Trinajstić information content (AvgIpc) is 2.67. The lowest BCUT2D eigenvalue weighted by Gasteiger charge is -2.15. The summed E-state index contributed by atoms with van der Waals surface area (Å²) in [7, 11) is 0. The van der Waals surface area contributed by atoms with E-state index >= 15 is 0 Å². The van der Waals surface area contributed by atoms with Crippen molar-refractivity contribution >= 4 is 5.97 Å². The molecule has 1 aromatic heterocycles. The number of rotatable bonds is 3. The Balaban J connectivity index is 2.00. The van der Waals surface area contributed by atoms with Crippen LogP contribution in [0.3, 0.4) is 0 Å². The molecule has 1 fully saturated rings. The van der Waals surface area contributed by atoms with E-state index in [1.54, 1.807) is 6.07 Å². The Morgan fingerprint density at radius 2 is 2.22 bits per heavy atom. The van der Waals surface area contributed by atoms with Crippen LogP contribution in [0.25, 0.3) is 0 Å². The van der Waals surface area contributed by atoms with Gasteiger partial charge in [-0.2, -0.15) is 0 Å². The molecule has 0 radical (unpaired) electrons. The maximum absolute atomic E-state index is 11.7. The molecule has 0 amide bonds. The zero-order valence-electron chi connectivity index (χ0n) is 9.34. The number of hydrogen-bond acceptors (Lipinski definition) is 7. The molecule has 0 aliphatic carbocycles. The Labute approximate surface area is 103 Å². The Kier molecular flexibility index (Phi) is 3.87. The van der Waals surface area contributed by atoms with E-state index in [0.29, 0.717) is 0 Å². The first-order chi connectivity index (χ1) is 8.63. The first kappa shape index (κ1) is 12.9. The number of carbonyl (C=O) groups excluding carboxylic acids is 1. The van der Waals surface area contributed by atoms with Crippen LogP contribution in [0.5, 0.6) is 0 Å². The van der Waals surface area contributed by atoms with Crippen molar-refractivity contribution in [3.8, 4) is 0 Å². The van der Waals surface area contributed by atoms with Crippen molar-refractivity contribution in [2.45, 2.75) is 24.6 Å². The van der Waals surface area contributed by atoms with Gasteiger partial charge in [-0.3, -0.25) is 4.98 Å². The van der Waals surface area contributed by atoms with Gasteiger partial charge in [0.25, 0.3) is 0 Å². The van der Waals surface area contributed by atoms with E-state index in [9.17, 15) is 15.0 Å². The summed E-state index contributed by atoms with van der Waals surface area (Å²) in [6.45, 7) is -0.473. The highest BCUT2D eigenvalue weighted by Crippen LogP contribution is 2.22. The summed E-state index contributed by atoms with van der Waals surface area (Å²) in [6.07, 6.45) is -2.13. The van der Waals surface area contributed by atoms with Crippen molar-refractivity contribution < 1.29 is 29.6 Å². The third-order valence-electron chi connectivity index (χ3n) is 2.62. The molecule has 1 unspecified atom stereocenters. The first-order valence-electron chi connectivity index (χ1n) is 5.37. The van der Waals surface area contributed by atoms with Gasteiger partial charge in [-0.25, -0.2) is 4.79 Å². The molecule has 7 nitrogen and oxygen atoms in total. The van der Waals surface area contributed by atoms with E-state index in [1.807, 2.05) is 0 Å². The molecule has 0 saturated carbocycles. The summed E-state index contributed by atoms with van der Waals surface area (Å²) in [5.74, 6) is -0.724. The van der Waals surface area contributed by atoms with E-state index in [0.717, 1.165) is 0 Å². The summed E-state index contributed by atoms with van der Waals surface area (Å²) in [5.41, 5.74) is 0.204. The summed E-state index contributed by atoms with van der Waals surface area (Å²) in [4.78, 5) is 15.4. The number of hydrogen-bond donors (Lipinski definition) is 3. The quantitative estimate of drug-likeness (QED) is 0.574. The number of nitrogens with zero attached hydrogens (tertiary/aromatic N) is 1. The van der Waals surface area contributed by atoms with Gasteiger partial charge in [-0.15, -0.1) is 0 Å². The number of aromatic nitrogens is 1. The molecule has 2 heterocycles. The zero-order chi connectivity index (χ0) is 13.1. The van der Waals surface area contributed by atoms with Crippen LogP contribution in [0.2, 0.25) is 0 Å². The number of aliphatic hydroxyl groups excluding tert-OH is 3. The van der Waals surface area contributed by atoms with Gasteiger partial charge in [-0.05, 0) is 12.1 Å². The van der Waals surface area contributed by atoms with Crippen LogP contribution in [0.4, 0.5) is 0 Å². The monoisotopic (exact) mass is 255 g/mol. The summed E-state index contributed by atoms with van der Waals surface area (Å²) in [5, 5.41) is 27.9. The van der Waals surface area contributed by atoms with Crippen molar-refractivity contribution in [2.75, 3.05) is 6.61 Å². The van der Waals surface area contributed by atoms with Gasteiger partial charge in [0.15, 0.2) is 0 Å². The van der Waals surface area contributed by atoms with Gasteiger partial charge >= 0.3 is 5.97 Å². The highest BCUT2D eigenvalue weighted by atomic mass is 16.7. The largest absolute Gasteiger partial charge is 0.429 e. The lowest BCUT2D eigenvalue weighted by atomic mass is 10.1.